The summed E-state index contributed by atoms with van der Waals surface area (Å²) < 4.78 is 16.3. The number of phenols is 1. The predicted octanol–water partition coefficient (Wildman–Crippen LogP) is 2.48. The summed E-state index contributed by atoms with van der Waals surface area (Å²) in [4.78, 5) is 29.2. The first-order chi connectivity index (χ1) is 15.4. The first-order valence-electron chi connectivity index (χ1n) is 10.6. The van der Waals surface area contributed by atoms with Crippen molar-refractivity contribution in [3.8, 4) is 23.0 Å². The quantitative estimate of drug-likeness (QED) is 0.709. The van der Waals surface area contributed by atoms with Crippen molar-refractivity contribution < 1.29 is 28.9 Å². The van der Waals surface area contributed by atoms with Gasteiger partial charge < -0.3 is 29.1 Å². The molecule has 2 aromatic rings. The number of aromatic hydroxyl groups is 1. The second-order valence-corrected chi connectivity index (χ2v) is 7.68. The number of ether oxygens (including phenoxy) is 3. The lowest BCUT2D eigenvalue weighted by Gasteiger charge is -2.25. The zero-order valence-electron chi connectivity index (χ0n) is 18.7. The minimum Gasteiger partial charge on any atom is -0.508 e. The van der Waals surface area contributed by atoms with Gasteiger partial charge in [0.05, 0.1) is 20.6 Å². The minimum absolute atomic E-state index is 0.0138. The number of carbonyl (C=O) groups excluding carboxylic acids is 2. The molecule has 0 saturated carbocycles. The number of amides is 2. The molecule has 8 nitrogen and oxygen atoms in total. The van der Waals surface area contributed by atoms with E-state index in [4.69, 9.17) is 14.2 Å². The molecule has 1 aliphatic heterocycles. The summed E-state index contributed by atoms with van der Waals surface area (Å²) in [6.07, 6.45) is 0.304. The van der Waals surface area contributed by atoms with Gasteiger partial charge in [-0.3, -0.25) is 9.59 Å². The molecule has 32 heavy (non-hydrogen) atoms. The Morgan fingerprint density at radius 1 is 0.938 bits per heavy atom. The number of nitrogens with zero attached hydrogens (tertiary/aromatic N) is 2. The molecule has 1 fully saturated rings. The normalized spacial score (nSPS) is 15.0. The summed E-state index contributed by atoms with van der Waals surface area (Å²) in [5.74, 6) is 1.77. The highest BCUT2D eigenvalue weighted by Gasteiger charge is 2.26. The Balaban J connectivity index is 1.55. The van der Waals surface area contributed by atoms with E-state index in [-0.39, 0.29) is 24.0 Å². The molecule has 1 aliphatic rings. The first kappa shape index (κ1) is 23.2. The van der Waals surface area contributed by atoms with Crippen molar-refractivity contribution in [3.05, 3.63) is 48.0 Å². The molecule has 1 heterocycles. The Hall–Kier alpha value is -3.42. The van der Waals surface area contributed by atoms with Crippen molar-refractivity contribution in [3.63, 3.8) is 0 Å². The average molecular weight is 443 g/mol. The molecule has 1 N–H and O–H groups in total. The van der Waals surface area contributed by atoms with Crippen LogP contribution < -0.4 is 14.2 Å². The molecule has 2 amide bonds. The van der Waals surface area contributed by atoms with Crippen LogP contribution in [-0.2, 0) is 16.0 Å². The van der Waals surface area contributed by atoms with Gasteiger partial charge in [0.2, 0.25) is 5.91 Å². The van der Waals surface area contributed by atoms with Gasteiger partial charge in [0.25, 0.3) is 5.91 Å². The highest BCUT2D eigenvalue weighted by molar-refractivity contribution is 5.81. The molecule has 172 valence electrons. The fourth-order valence-electron chi connectivity index (χ4n) is 3.70. The van der Waals surface area contributed by atoms with E-state index in [2.05, 4.69) is 0 Å². The minimum atomic E-state index is -0.659. The first-order valence-corrected chi connectivity index (χ1v) is 10.6. The van der Waals surface area contributed by atoms with Gasteiger partial charge in [-0.2, -0.15) is 0 Å². The molecular formula is C24H30N2O6. The van der Waals surface area contributed by atoms with Crippen molar-refractivity contribution in [2.45, 2.75) is 25.9 Å². The van der Waals surface area contributed by atoms with Crippen LogP contribution in [-0.4, -0.2) is 73.2 Å². The molecule has 3 rings (SSSR count). The Morgan fingerprint density at radius 2 is 1.59 bits per heavy atom. The van der Waals surface area contributed by atoms with E-state index in [1.54, 1.807) is 49.1 Å². The number of hydrogen-bond donors (Lipinski definition) is 1. The standard InChI is InChI=1S/C24H30N2O6/c1-17(32-20-8-6-19(27)7-9-20)24(29)26-12-4-11-25(13-14-26)23(28)16-18-5-10-21(30-2)22(15-18)31-3/h5-10,15,17,27H,4,11-14,16H2,1-3H3. The van der Waals surface area contributed by atoms with Gasteiger partial charge in [0.1, 0.15) is 11.5 Å². The van der Waals surface area contributed by atoms with Gasteiger partial charge in [-0.15, -0.1) is 0 Å². The highest BCUT2D eigenvalue weighted by atomic mass is 16.5. The number of carbonyl (C=O) groups is 2. The van der Waals surface area contributed by atoms with Crippen molar-refractivity contribution in [2.24, 2.45) is 0 Å². The Bertz CT molecular complexity index is 931. The fraction of sp³-hybridized carbons (Fsp3) is 0.417. The van der Waals surface area contributed by atoms with E-state index in [0.717, 1.165) is 5.56 Å². The third kappa shape index (κ3) is 5.84. The second-order valence-electron chi connectivity index (χ2n) is 7.68. The molecule has 1 atom stereocenters. The van der Waals surface area contributed by atoms with E-state index in [9.17, 15) is 14.7 Å². The van der Waals surface area contributed by atoms with Crippen molar-refractivity contribution in [2.75, 3.05) is 40.4 Å². The number of methoxy groups -OCH3 is 2. The zero-order chi connectivity index (χ0) is 23.1. The summed E-state index contributed by atoms with van der Waals surface area (Å²) >= 11 is 0. The summed E-state index contributed by atoms with van der Waals surface area (Å²) in [6.45, 7) is 3.81. The number of rotatable bonds is 7. The van der Waals surface area contributed by atoms with E-state index in [1.807, 2.05) is 12.1 Å². The third-order valence-electron chi connectivity index (χ3n) is 5.46. The van der Waals surface area contributed by atoms with Crippen LogP contribution in [0.4, 0.5) is 0 Å². The van der Waals surface area contributed by atoms with Crippen molar-refractivity contribution in [1.29, 1.82) is 0 Å². The maximum absolute atomic E-state index is 12.9. The third-order valence-corrected chi connectivity index (χ3v) is 5.46. The molecule has 0 aromatic heterocycles. The van der Waals surface area contributed by atoms with Crippen LogP contribution in [0.1, 0.15) is 18.9 Å². The van der Waals surface area contributed by atoms with Crippen LogP contribution in [0.3, 0.4) is 0 Å². The van der Waals surface area contributed by atoms with Crippen molar-refractivity contribution >= 4 is 11.8 Å². The smallest absolute Gasteiger partial charge is 0.263 e. The molecular weight excluding hydrogens is 412 g/mol. The molecule has 1 unspecified atom stereocenters. The Morgan fingerprint density at radius 3 is 2.28 bits per heavy atom. The lowest BCUT2D eigenvalue weighted by Crippen LogP contribution is -2.43. The van der Waals surface area contributed by atoms with Gasteiger partial charge in [-0.1, -0.05) is 6.07 Å². The molecule has 0 aliphatic carbocycles. The van der Waals surface area contributed by atoms with Crippen LogP contribution in [0.2, 0.25) is 0 Å². The van der Waals surface area contributed by atoms with E-state index in [0.29, 0.717) is 49.8 Å². The van der Waals surface area contributed by atoms with Crippen LogP contribution in [0.5, 0.6) is 23.0 Å². The molecule has 1 saturated heterocycles. The zero-order valence-corrected chi connectivity index (χ0v) is 18.7. The van der Waals surface area contributed by atoms with Crippen LogP contribution in [0, 0.1) is 0 Å². The Kier molecular flexibility index (Phi) is 7.81. The largest absolute Gasteiger partial charge is 0.508 e. The monoisotopic (exact) mass is 442 g/mol. The van der Waals surface area contributed by atoms with Crippen LogP contribution in [0.15, 0.2) is 42.5 Å². The van der Waals surface area contributed by atoms with Gasteiger partial charge in [-0.05, 0) is 55.3 Å². The predicted molar refractivity (Wildman–Crippen MR) is 119 cm³/mol. The fourth-order valence-corrected chi connectivity index (χ4v) is 3.70. The number of phenolic OH excluding ortho intramolecular Hbond substituents is 1. The molecule has 0 spiro atoms. The number of benzene rings is 2. The number of hydrogen-bond acceptors (Lipinski definition) is 6. The summed E-state index contributed by atoms with van der Waals surface area (Å²) in [6, 6.07) is 11.7. The topological polar surface area (TPSA) is 88.5 Å². The molecule has 8 heteroatoms. The molecule has 0 bridgehead atoms. The van der Waals surface area contributed by atoms with Gasteiger partial charge in [0, 0.05) is 26.2 Å². The van der Waals surface area contributed by atoms with E-state index < -0.39 is 6.10 Å². The average Bonchev–Trinajstić information content (AvgIpc) is 3.06. The molecule has 2 aromatic carbocycles. The SMILES string of the molecule is COc1ccc(CC(=O)N2CCCN(C(=O)C(C)Oc3ccc(O)cc3)CC2)cc1OC. The van der Waals surface area contributed by atoms with Crippen LogP contribution in [0.25, 0.3) is 0 Å². The maximum Gasteiger partial charge on any atom is 0.263 e. The van der Waals surface area contributed by atoms with E-state index in [1.165, 1.54) is 12.1 Å². The Labute approximate surface area is 188 Å². The lowest BCUT2D eigenvalue weighted by molar-refractivity contribution is -0.138. The lowest BCUT2D eigenvalue weighted by atomic mass is 10.1. The second kappa shape index (κ2) is 10.7. The summed E-state index contributed by atoms with van der Waals surface area (Å²) in [5, 5.41) is 9.37. The summed E-state index contributed by atoms with van der Waals surface area (Å²) in [7, 11) is 3.14. The van der Waals surface area contributed by atoms with Gasteiger partial charge in [-0.25, -0.2) is 0 Å². The van der Waals surface area contributed by atoms with Crippen LogP contribution >= 0.6 is 0 Å². The summed E-state index contributed by atoms with van der Waals surface area (Å²) in [5.41, 5.74) is 0.848. The highest BCUT2D eigenvalue weighted by Crippen LogP contribution is 2.28. The van der Waals surface area contributed by atoms with E-state index >= 15 is 0 Å². The van der Waals surface area contributed by atoms with Gasteiger partial charge in [0.15, 0.2) is 17.6 Å². The van der Waals surface area contributed by atoms with Gasteiger partial charge >= 0.3 is 0 Å². The maximum atomic E-state index is 12.9. The van der Waals surface area contributed by atoms with Crippen molar-refractivity contribution in [1.82, 2.24) is 9.80 Å². The molecule has 0 radical (unpaired) electrons.